The predicted octanol–water partition coefficient (Wildman–Crippen LogP) is 2.06. The third-order valence-corrected chi connectivity index (χ3v) is 1.84. The molecule has 1 amide bonds. The number of alkyl halides is 3. The maximum absolute atomic E-state index is 12.0. The smallest absolute Gasteiger partial charge is 0.430 e. The highest BCUT2D eigenvalue weighted by atomic mass is 19.4. The first-order chi connectivity index (χ1) is 7.80. The number of hydrazone groups is 1. The van der Waals surface area contributed by atoms with E-state index >= 15 is 0 Å². The molecule has 1 aromatic carbocycles. The Morgan fingerprint density at radius 2 is 2.06 bits per heavy atom. The van der Waals surface area contributed by atoms with Crippen molar-refractivity contribution in [1.82, 2.24) is 5.43 Å². The van der Waals surface area contributed by atoms with E-state index in [9.17, 15) is 18.0 Å². The summed E-state index contributed by atoms with van der Waals surface area (Å²) in [7, 11) is 0. The second-order valence-corrected chi connectivity index (χ2v) is 3.19. The molecule has 7 heteroatoms. The number of phenolic OH excluding ortho intramolecular Hbond substituents is 1. The van der Waals surface area contributed by atoms with Gasteiger partial charge in [0.25, 0.3) is 5.91 Å². The maximum Gasteiger partial charge on any atom is 0.430 e. The number of phenols is 1. The molecule has 0 saturated heterocycles. The van der Waals surface area contributed by atoms with Crippen molar-refractivity contribution in [3.05, 3.63) is 29.8 Å². The van der Waals surface area contributed by atoms with Gasteiger partial charge >= 0.3 is 6.18 Å². The molecule has 0 aliphatic heterocycles. The van der Waals surface area contributed by atoms with Gasteiger partial charge in [-0.25, -0.2) is 5.43 Å². The first kappa shape index (κ1) is 13.0. The van der Waals surface area contributed by atoms with Gasteiger partial charge in [0.05, 0.1) is 0 Å². The van der Waals surface area contributed by atoms with Crippen molar-refractivity contribution in [3.63, 3.8) is 0 Å². The number of hydrogen-bond acceptors (Lipinski definition) is 3. The lowest BCUT2D eigenvalue weighted by Crippen LogP contribution is -2.26. The summed E-state index contributed by atoms with van der Waals surface area (Å²) < 4.78 is 36.1. The van der Waals surface area contributed by atoms with Crippen LogP contribution in [0.4, 0.5) is 13.2 Å². The molecule has 0 aliphatic rings. The van der Waals surface area contributed by atoms with Crippen LogP contribution in [0.2, 0.25) is 0 Å². The normalized spacial score (nSPS) is 12.4. The van der Waals surface area contributed by atoms with Gasteiger partial charge < -0.3 is 5.11 Å². The van der Waals surface area contributed by atoms with Crippen LogP contribution in [0, 0.1) is 0 Å². The van der Waals surface area contributed by atoms with Gasteiger partial charge in [-0.3, -0.25) is 4.79 Å². The minimum atomic E-state index is -4.58. The summed E-state index contributed by atoms with van der Waals surface area (Å²) in [5.41, 5.74) is 0.607. The molecule has 0 radical (unpaired) electrons. The van der Waals surface area contributed by atoms with Crippen molar-refractivity contribution in [2.24, 2.45) is 5.10 Å². The van der Waals surface area contributed by atoms with Gasteiger partial charge in [-0.2, -0.15) is 18.3 Å². The number of hydrogen-bond donors (Lipinski definition) is 2. The van der Waals surface area contributed by atoms with Gasteiger partial charge in [0.1, 0.15) is 11.5 Å². The van der Waals surface area contributed by atoms with Crippen LogP contribution in [0.1, 0.15) is 17.3 Å². The van der Waals surface area contributed by atoms with E-state index in [0.717, 1.165) is 13.0 Å². The number of rotatable bonds is 2. The molecule has 0 fully saturated rings. The van der Waals surface area contributed by atoms with E-state index in [-0.39, 0.29) is 11.3 Å². The Morgan fingerprint density at radius 3 is 2.59 bits per heavy atom. The summed E-state index contributed by atoms with van der Waals surface area (Å²) in [5, 5.41) is 12.0. The Hall–Kier alpha value is -2.05. The molecule has 0 aromatic heterocycles. The highest BCUT2D eigenvalue weighted by Gasteiger charge is 2.32. The van der Waals surface area contributed by atoms with Crippen molar-refractivity contribution < 1.29 is 23.1 Å². The monoisotopic (exact) mass is 246 g/mol. The number of nitrogens with zero attached hydrogens (tertiary/aromatic N) is 1. The van der Waals surface area contributed by atoms with E-state index in [4.69, 9.17) is 5.11 Å². The number of amides is 1. The zero-order valence-electron chi connectivity index (χ0n) is 8.75. The Kier molecular flexibility index (Phi) is 3.72. The Morgan fingerprint density at radius 1 is 1.41 bits per heavy atom. The van der Waals surface area contributed by atoms with Crippen molar-refractivity contribution in [3.8, 4) is 5.75 Å². The number of nitrogens with one attached hydrogen (secondary N) is 1. The average molecular weight is 246 g/mol. The van der Waals surface area contributed by atoms with E-state index in [2.05, 4.69) is 5.10 Å². The second kappa shape index (κ2) is 4.86. The lowest BCUT2D eigenvalue weighted by Gasteiger charge is -2.05. The third-order valence-electron chi connectivity index (χ3n) is 1.84. The zero-order chi connectivity index (χ0) is 13.1. The quantitative estimate of drug-likeness (QED) is 0.619. The molecule has 1 rings (SSSR count). The molecule has 92 valence electrons. The summed E-state index contributed by atoms with van der Waals surface area (Å²) in [5.74, 6) is -0.987. The third kappa shape index (κ3) is 3.78. The van der Waals surface area contributed by atoms with Crippen molar-refractivity contribution >= 4 is 11.6 Å². The van der Waals surface area contributed by atoms with Gasteiger partial charge in [-0.1, -0.05) is 6.07 Å². The molecular weight excluding hydrogens is 237 g/mol. The summed E-state index contributed by atoms with van der Waals surface area (Å²) in [6.45, 7) is 0.739. The van der Waals surface area contributed by atoms with Crippen LogP contribution in [-0.4, -0.2) is 22.9 Å². The fraction of sp³-hybridized carbons (Fsp3) is 0.200. The van der Waals surface area contributed by atoms with E-state index < -0.39 is 17.8 Å². The van der Waals surface area contributed by atoms with Crippen LogP contribution in [0.5, 0.6) is 5.75 Å². The molecule has 4 nitrogen and oxygen atoms in total. The van der Waals surface area contributed by atoms with Crippen LogP contribution in [0.15, 0.2) is 29.4 Å². The van der Waals surface area contributed by atoms with Gasteiger partial charge in [-0.15, -0.1) is 0 Å². The molecule has 0 spiro atoms. The highest BCUT2D eigenvalue weighted by Crippen LogP contribution is 2.16. The standard InChI is InChI=1S/C10H9F3N2O2/c1-6(10(11,12)13)14-15-9(17)7-3-2-4-8(16)5-7/h2-5,16H,1H3,(H,15,17)/b14-6-. The first-order valence-corrected chi connectivity index (χ1v) is 4.51. The summed E-state index contributed by atoms with van der Waals surface area (Å²) >= 11 is 0. The van der Waals surface area contributed by atoms with Gasteiger partial charge in [0.2, 0.25) is 0 Å². The number of benzene rings is 1. The Labute approximate surface area is 94.8 Å². The highest BCUT2D eigenvalue weighted by molar-refractivity contribution is 5.96. The van der Waals surface area contributed by atoms with Gasteiger partial charge in [0.15, 0.2) is 0 Å². The van der Waals surface area contributed by atoms with Crippen molar-refractivity contribution in [2.45, 2.75) is 13.1 Å². The molecule has 2 N–H and O–H groups in total. The average Bonchev–Trinajstić information content (AvgIpc) is 2.24. The van der Waals surface area contributed by atoms with Crippen LogP contribution in [0.25, 0.3) is 0 Å². The molecule has 0 atom stereocenters. The summed E-state index contributed by atoms with van der Waals surface area (Å²) in [6, 6.07) is 5.19. The Bertz CT molecular complexity index is 455. The minimum Gasteiger partial charge on any atom is -0.508 e. The minimum absolute atomic E-state index is 0.0173. The summed E-state index contributed by atoms with van der Waals surface area (Å²) in [4.78, 5) is 11.3. The molecular formula is C10H9F3N2O2. The fourth-order valence-electron chi connectivity index (χ4n) is 0.910. The largest absolute Gasteiger partial charge is 0.508 e. The maximum atomic E-state index is 12.0. The van der Waals surface area contributed by atoms with Gasteiger partial charge in [-0.05, 0) is 25.1 Å². The van der Waals surface area contributed by atoms with Crippen molar-refractivity contribution in [2.75, 3.05) is 0 Å². The molecule has 0 unspecified atom stereocenters. The first-order valence-electron chi connectivity index (χ1n) is 4.51. The van der Waals surface area contributed by atoms with E-state index in [1.165, 1.54) is 18.2 Å². The van der Waals surface area contributed by atoms with Gasteiger partial charge in [0, 0.05) is 5.56 Å². The lowest BCUT2D eigenvalue weighted by molar-refractivity contribution is -0.0595. The number of carbonyl (C=O) groups is 1. The lowest BCUT2D eigenvalue weighted by atomic mass is 10.2. The number of aromatic hydroxyl groups is 1. The SMILES string of the molecule is C/C(=N/NC(=O)c1cccc(O)c1)C(F)(F)F. The predicted molar refractivity (Wildman–Crippen MR) is 54.7 cm³/mol. The molecule has 0 saturated carbocycles. The topological polar surface area (TPSA) is 61.7 Å². The Balaban J connectivity index is 2.75. The van der Waals surface area contributed by atoms with Crippen LogP contribution < -0.4 is 5.43 Å². The molecule has 1 aromatic rings. The van der Waals surface area contributed by atoms with E-state index in [0.29, 0.717) is 0 Å². The fourth-order valence-corrected chi connectivity index (χ4v) is 0.910. The molecule has 0 bridgehead atoms. The van der Waals surface area contributed by atoms with E-state index in [1.54, 1.807) is 5.43 Å². The number of carbonyl (C=O) groups excluding carboxylic acids is 1. The number of halogens is 3. The molecule has 0 heterocycles. The molecule has 0 aliphatic carbocycles. The van der Waals surface area contributed by atoms with Crippen molar-refractivity contribution in [1.29, 1.82) is 0 Å². The second-order valence-electron chi connectivity index (χ2n) is 3.19. The molecule has 17 heavy (non-hydrogen) atoms. The van der Waals surface area contributed by atoms with Crippen LogP contribution in [-0.2, 0) is 0 Å². The summed E-state index contributed by atoms with van der Waals surface area (Å²) in [6.07, 6.45) is -4.58. The zero-order valence-corrected chi connectivity index (χ0v) is 8.75. The van der Waals surface area contributed by atoms with Crippen LogP contribution in [0.3, 0.4) is 0 Å². The van der Waals surface area contributed by atoms with E-state index in [1.807, 2.05) is 0 Å². The van der Waals surface area contributed by atoms with Crippen LogP contribution >= 0.6 is 0 Å².